The van der Waals surface area contributed by atoms with Crippen LogP contribution < -0.4 is 16.0 Å². The van der Waals surface area contributed by atoms with Gasteiger partial charge in [-0.3, -0.25) is 28.9 Å². The standard InChI is InChI=1S/C47H63F2N7O10.C2HF3O2/c1-47(2,3)45(46-53-39(37-25-36(48)9-10-38(37)49)31-54(46)29-33-7-5-4-6-8-33)56(44(62)32-57)30-35-27-50-26-34(35)28-52-41(59)14-17-63-19-21-65-23-24-66-22-20-64-18-15-51-40(58)13-16-55-42(60)11-12-43(55)61;3-2(4,5)1(6)7/h4-12,25,31,34-35,45,50,57H,13-24,26-30,32H2,1-3H3,(H,51,58)(H,52,59);(H,6,7)/t34?,35?,45-;/m0./s1. The highest BCUT2D eigenvalue weighted by molar-refractivity contribution is 6.13. The molecule has 5 amide bonds. The summed E-state index contributed by atoms with van der Waals surface area (Å²) in [7, 11) is 0. The van der Waals surface area contributed by atoms with Gasteiger partial charge in [-0.15, -0.1) is 0 Å². The van der Waals surface area contributed by atoms with E-state index >= 15 is 4.39 Å². The predicted octanol–water partition coefficient (Wildman–Crippen LogP) is 3.26. The molecule has 24 heteroatoms. The smallest absolute Gasteiger partial charge is 0.475 e. The minimum atomic E-state index is -5.08. The number of hydrogen-bond acceptors (Lipinski definition) is 13. The summed E-state index contributed by atoms with van der Waals surface area (Å²) in [6.45, 7) is 10.1. The molecule has 5 N–H and O–H groups in total. The van der Waals surface area contributed by atoms with E-state index in [0.29, 0.717) is 71.6 Å². The molecule has 0 bridgehead atoms. The van der Waals surface area contributed by atoms with E-state index in [1.54, 1.807) is 11.1 Å². The van der Waals surface area contributed by atoms with Crippen LogP contribution in [0.4, 0.5) is 22.0 Å². The van der Waals surface area contributed by atoms with Crippen molar-refractivity contribution >= 4 is 35.5 Å². The van der Waals surface area contributed by atoms with Gasteiger partial charge in [0.15, 0.2) is 0 Å². The molecule has 0 radical (unpaired) electrons. The second kappa shape index (κ2) is 29.5. The molecule has 2 unspecified atom stereocenters. The number of rotatable bonds is 28. The molecule has 2 aliphatic rings. The Kier molecular flexibility index (Phi) is 24.0. The summed E-state index contributed by atoms with van der Waals surface area (Å²) in [5, 5.41) is 26.5. The summed E-state index contributed by atoms with van der Waals surface area (Å²) >= 11 is 0. The number of halogens is 5. The number of imidazole rings is 1. The molecule has 3 atom stereocenters. The Balaban J connectivity index is 0.00000153. The minimum Gasteiger partial charge on any atom is -0.475 e. The second-order valence-electron chi connectivity index (χ2n) is 17.9. The molecular weight excluding hydrogens is 974 g/mol. The Hall–Kier alpha value is -6.18. The van der Waals surface area contributed by atoms with E-state index in [-0.39, 0.29) is 80.6 Å². The van der Waals surface area contributed by atoms with Crippen molar-refractivity contribution in [2.45, 2.75) is 52.4 Å². The Labute approximate surface area is 419 Å². The average Bonchev–Trinajstić information content (AvgIpc) is 4.06. The van der Waals surface area contributed by atoms with E-state index in [9.17, 15) is 46.6 Å². The van der Waals surface area contributed by atoms with Gasteiger partial charge in [0.05, 0.1) is 64.6 Å². The third kappa shape index (κ3) is 20.0. The van der Waals surface area contributed by atoms with Gasteiger partial charge in [0.2, 0.25) is 17.7 Å². The van der Waals surface area contributed by atoms with Crippen LogP contribution in [0.1, 0.15) is 51.0 Å². The Morgan fingerprint density at radius 1 is 0.822 bits per heavy atom. The number of carbonyl (C=O) groups is 6. The fourth-order valence-corrected chi connectivity index (χ4v) is 7.78. The van der Waals surface area contributed by atoms with Crippen LogP contribution in [0.3, 0.4) is 0 Å². The van der Waals surface area contributed by atoms with E-state index < -0.39 is 59.6 Å². The van der Waals surface area contributed by atoms with Crippen LogP contribution in [0, 0.1) is 28.9 Å². The molecule has 2 aliphatic heterocycles. The number of benzene rings is 2. The van der Waals surface area contributed by atoms with Gasteiger partial charge in [-0.25, -0.2) is 18.6 Å². The van der Waals surface area contributed by atoms with Gasteiger partial charge in [0, 0.05) is 82.6 Å². The van der Waals surface area contributed by atoms with Crippen LogP contribution in [-0.2, 0) is 54.3 Å². The minimum absolute atomic E-state index is 0.00310. The molecule has 73 heavy (non-hydrogen) atoms. The molecule has 3 heterocycles. The normalized spacial score (nSPS) is 16.0. The van der Waals surface area contributed by atoms with Gasteiger partial charge >= 0.3 is 12.1 Å². The number of carboxylic acid groups (broad SMARTS) is 1. The van der Waals surface area contributed by atoms with Gasteiger partial charge < -0.3 is 54.6 Å². The zero-order chi connectivity index (χ0) is 53.6. The summed E-state index contributed by atoms with van der Waals surface area (Å²) in [6, 6.07) is 12.1. The summed E-state index contributed by atoms with van der Waals surface area (Å²) < 4.78 is 85.1. The van der Waals surface area contributed by atoms with Gasteiger partial charge in [0.1, 0.15) is 24.1 Å². The van der Waals surface area contributed by atoms with Gasteiger partial charge in [-0.2, -0.15) is 13.2 Å². The van der Waals surface area contributed by atoms with E-state index in [4.69, 9.17) is 33.8 Å². The van der Waals surface area contributed by atoms with Crippen LogP contribution in [0.2, 0.25) is 0 Å². The Morgan fingerprint density at radius 3 is 1.99 bits per heavy atom. The number of aliphatic carboxylic acids is 1. The Morgan fingerprint density at radius 2 is 1.40 bits per heavy atom. The zero-order valence-electron chi connectivity index (χ0n) is 41.0. The third-order valence-electron chi connectivity index (χ3n) is 11.4. The molecular formula is C49H64F5N7O12. The van der Waals surface area contributed by atoms with Crippen molar-refractivity contribution in [3.05, 3.63) is 89.9 Å². The summed E-state index contributed by atoms with van der Waals surface area (Å²) in [4.78, 5) is 78.0. The van der Waals surface area contributed by atoms with Crippen molar-refractivity contribution in [1.82, 2.24) is 35.3 Å². The maximum atomic E-state index is 15.1. The van der Waals surface area contributed by atoms with Gasteiger partial charge in [-0.1, -0.05) is 51.1 Å². The second-order valence-corrected chi connectivity index (χ2v) is 17.9. The van der Waals surface area contributed by atoms with Gasteiger partial charge in [-0.05, 0) is 41.0 Å². The van der Waals surface area contributed by atoms with Crippen molar-refractivity contribution in [1.29, 1.82) is 0 Å². The van der Waals surface area contributed by atoms with Crippen molar-refractivity contribution in [3.8, 4) is 11.3 Å². The number of aromatic nitrogens is 2. The number of carboxylic acids is 1. The number of amides is 5. The molecule has 1 fully saturated rings. The van der Waals surface area contributed by atoms with Crippen molar-refractivity contribution < 1.29 is 79.9 Å². The maximum Gasteiger partial charge on any atom is 0.490 e. The van der Waals surface area contributed by atoms with E-state index in [1.165, 1.54) is 12.2 Å². The number of hydrogen-bond donors (Lipinski definition) is 5. The highest BCUT2D eigenvalue weighted by Gasteiger charge is 2.41. The maximum absolute atomic E-state index is 15.1. The number of ether oxygens (including phenoxy) is 4. The quantitative estimate of drug-likeness (QED) is 0.0399. The van der Waals surface area contributed by atoms with Crippen LogP contribution in [-0.4, -0.2) is 170 Å². The third-order valence-corrected chi connectivity index (χ3v) is 11.4. The summed E-state index contributed by atoms with van der Waals surface area (Å²) in [5.41, 5.74) is 0.533. The first-order chi connectivity index (χ1) is 34.7. The molecule has 19 nitrogen and oxygen atoms in total. The number of aliphatic hydroxyl groups is 1. The van der Waals surface area contributed by atoms with Gasteiger partial charge in [0.25, 0.3) is 11.8 Å². The lowest BCUT2D eigenvalue weighted by atomic mass is 9.83. The van der Waals surface area contributed by atoms with E-state index in [0.717, 1.165) is 28.7 Å². The monoisotopic (exact) mass is 1040 g/mol. The molecule has 0 spiro atoms. The van der Waals surface area contributed by atoms with E-state index in [2.05, 4.69) is 16.0 Å². The lowest BCUT2D eigenvalue weighted by Gasteiger charge is -2.41. The molecule has 402 valence electrons. The molecule has 0 aliphatic carbocycles. The summed E-state index contributed by atoms with van der Waals surface area (Å²) in [6.07, 6.45) is -0.886. The number of imide groups is 1. The number of alkyl halides is 3. The predicted molar refractivity (Wildman–Crippen MR) is 252 cm³/mol. The fraction of sp³-hybridized carbons (Fsp3) is 0.531. The Bertz CT molecular complexity index is 2290. The summed E-state index contributed by atoms with van der Waals surface area (Å²) in [5.74, 6) is -5.46. The molecule has 3 aromatic rings. The van der Waals surface area contributed by atoms with Crippen LogP contribution in [0.5, 0.6) is 0 Å². The van der Waals surface area contributed by atoms with Crippen molar-refractivity contribution in [2.75, 3.05) is 98.7 Å². The van der Waals surface area contributed by atoms with Crippen LogP contribution in [0.25, 0.3) is 11.3 Å². The zero-order valence-corrected chi connectivity index (χ0v) is 41.0. The molecule has 1 saturated heterocycles. The highest BCUT2D eigenvalue weighted by atomic mass is 19.4. The number of nitrogens with zero attached hydrogens (tertiary/aromatic N) is 4. The first kappa shape index (κ1) is 59.4. The molecule has 0 saturated carbocycles. The number of aliphatic hydroxyl groups excluding tert-OH is 1. The van der Waals surface area contributed by atoms with Crippen molar-refractivity contribution in [2.24, 2.45) is 17.3 Å². The van der Waals surface area contributed by atoms with Crippen LogP contribution >= 0.6 is 0 Å². The molecule has 1 aromatic heterocycles. The first-order valence-corrected chi connectivity index (χ1v) is 23.5. The average molecular weight is 1040 g/mol. The van der Waals surface area contributed by atoms with Crippen molar-refractivity contribution in [3.63, 3.8) is 0 Å². The lowest BCUT2D eigenvalue weighted by molar-refractivity contribution is -0.192. The van der Waals surface area contributed by atoms with E-state index in [1.807, 2.05) is 55.7 Å². The molecule has 5 rings (SSSR count). The number of nitrogens with one attached hydrogen (secondary N) is 3. The fourth-order valence-electron chi connectivity index (χ4n) is 7.78. The number of carbonyl (C=O) groups excluding carboxylic acids is 5. The topological polar surface area (TPSA) is 240 Å². The largest absolute Gasteiger partial charge is 0.490 e. The first-order valence-electron chi connectivity index (χ1n) is 23.5. The van der Waals surface area contributed by atoms with Crippen LogP contribution in [0.15, 0.2) is 66.9 Å². The highest BCUT2D eigenvalue weighted by Crippen LogP contribution is 2.40. The lowest BCUT2D eigenvalue weighted by Crippen LogP contribution is -2.47. The SMILES string of the molecule is CC(C)(C)[C@H](c1nc(-c2cc(F)ccc2F)cn1Cc1ccccc1)N(CC1CNCC1CNC(=O)CCOCCOCCOCCOCCNC(=O)CCN1C(=O)C=CC1=O)C(=O)CO.O=C(O)C(F)(F)F. The molecule has 2 aromatic carbocycles.